The van der Waals surface area contributed by atoms with Crippen molar-refractivity contribution in [1.82, 2.24) is 4.90 Å². The van der Waals surface area contributed by atoms with Crippen molar-refractivity contribution in [3.05, 3.63) is 0 Å². The van der Waals surface area contributed by atoms with E-state index in [1.807, 2.05) is 25.9 Å². The number of hydrogen-bond donors (Lipinski definition) is 2. The highest BCUT2D eigenvalue weighted by molar-refractivity contribution is 4.76. The fraction of sp³-hybridized carbons (Fsp3) is 1.00. The summed E-state index contributed by atoms with van der Waals surface area (Å²) in [6.07, 6.45) is 0. The molecule has 0 saturated carbocycles. The fourth-order valence-electron chi connectivity index (χ4n) is 0.943. The maximum Gasteiger partial charge on any atom is 0.0509 e. The summed E-state index contributed by atoms with van der Waals surface area (Å²) in [5, 5.41) is 8.93. The molecule has 0 aromatic carbocycles. The van der Waals surface area contributed by atoms with E-state index in [0.717, 1.165) is 6.54 Å². The summed E-state index contributed by atoms with van der Waals surface area (Å²) in [6, 6.07) is 0. The molecule has 0 heterocycles. The van der Waals surface area contributed by atoms with Crippen LogP contribution in [0.2, 0.25) is 0 Å². The summed E-state index contributed by atoms with van der Waals surface area (Å²) >= 11 is 0. The first-order valence-corrected chi connectivity index (χ1v) is 3.50. The van der Waals surface area contributed by atoms with E-state index in [1.54, 1.807) is 0 Å². The molecule has 1 unspecified atom stereocenters. The van der Waals surface area contributed by atoms with Gasteiger partial charge in [0.25, 0.3) is 0 Å². The molecule has 0 aromatic rings. The Morgan fingerprint density at radius 3 is 2.10 bits per heavy atom. The highest BCUT2D eigenvalue weighted by Gasteiger charge is 2.21. The second-order valence-electron chi connectivity index (χ2n) is 3.41. The summed E-state index contributed by atoms with van der Waals surface area (Å²) in [4.78, 5) is 2.03. The molecular weight excluding hydrogens is 128 g/mol. The predicted octanol–water partition coefficient (Wildman–Crippen LogP) is -0.495. The molecule has 0 aromatic heterocycles. The van der Waals surface area contributed by atoms with Crippen LogP contribution in [0.3, 0.4) is 0 Å². The van der Waals surface area contributed by atoms with Gasteiger partial charge in [-0.25, -0.2) is 0 Å². The topological polar surface area (TPSA) is 49.5 Å². The van der Waals surface area contributed by atoms with Crippen LogP contribution in [0.1, 0.15) is 6.92 Å². The normalized spacial score (nSPS) is 17.4. The Balaban J connectivity index is 3.80. The molecule has 0 saturated heterocycles. The van der Waals surface area contributed by atoms with Crippen LogP contribution in [-0.4, -0.2) is 43.8 Å². The van der Waals surface area contributed by atoms with Crippen LogP contribution in [0.5, 0.6) is 0 Å². The first-order valence-electron chi connectivity index (χ1n) is 3.50. The minimum Gasteiger partial charge on any atom is -0.396 e. The lowest BCUT2D eigenvalue weighted by Gasteiger charge is -2.28. The molecule has 0 radical (unpaired) electrons. The van der Waals surface area contributed by atoms with E-state index in [-0.39, 0.29) is 12.0 Å². The Labute approximate surface area is 62.8 Å². The first kappa shape index (κ1) is 9.88. The Morgan fingerprint density at radius 2 is 2.00 bits per heavy atom. The Kier molecular flexibility index (Phi) is 3.86. The van der Waals surface area contributed by atoms with E-state index in [1.165, 1.54) is 0 Å². The monoisotopic (exact) mass is 146 g/mol. The minimum atomic E-state index is -0.135. The van der Waals surface area contributed by atoms with Gasteiger partial charge in [0, 0.05) is 18.5 Å². The lowest BCUT2D eigenvalue weighted by molar-refractivity contribution is 0.116. The highest BCUT2D eigenvalue weighted by atomic mass is 16.3. The van der Waals surface area contributed by atoms with Gasteiger partial charge >= 0.3 is 0 Å². The number of aliphatic hydroxyl groups excluding tert-OH is 1. The largest absolute Gasteiger partial charge is 0.396 e. The van der Waals surface area contributed by atoms with Crippen molar-refractivity contribution in [3.63, 3.8) is 0 Å². The molecule has 10 heavy (non-hydrogen) atoms. The molecule has 3 nitrogen and oxygen atoms in total. The zero-order chi connectivity index (χ0) is 8.20. The molecule has 0 spiro atoms. The molecule has 62 valence electrons. The third-order valence-corrected chi connectivity index (χ3v) is 1.57. The molecule has 0 amide bonds. The SMILES string of the molecule is CN(C)CC(C)(CN)CO. The van der Waals surface area contributed by atoms with E-state index in [0.29, 0.717) is 6.54 Å². The Bertz CT molecular complexity index is 89.6. The van der Waals surface area contributed by atoms with Gasteiger partial charge in [-0.2, -0.15) is 0 Å². The number of aliphatic hydroxyl groups is 1. The molecule has 1 atom stereocenters. The van der Waals surface area contributed by atoms with Gasteiger partial charge in [-0.1, -0.05) is 6.92 Å². The van der Waals surface area contributed by atoms with Crippen LogP contribution in [0, 0.1) is 5.41 Å². The number of hydrogen-bond acceptors (Lipinski definition) is 3. The summed E-state index contributed by atoms with van der Waals surface area (Å²) in [6.45, 7) is 3.50. The molecule has 0 bridgehead atoms. The maximum absolute atomic E-state index is 8.93. The van der Waals surface area contributed by atoms with Crippen molar-refractivity contribution in [2.45, 2.75) is 6.92 Å². The van der Waals surface area contributed by atoms with Gasteiger partial charge in [-0.15, -0.1) is 0 Å². The number of rotatable bonds is 4. The second-order valence-corrected chi connectivity index (χ2v) is 3.41. The average molecular weight is 146 g/mol. The lowest BCUT2D eigenvalue weighted by atomic mass is 9.92. The molecule has 0 aliphatic carbocycles. The van der Waals surface area contributed by atoms with Gasteiger partial charge in [0.15, 0.2) is 0 Å². The molecule has 0 aliphatic heterocycles. The highest BCUT2D eigenvalue weighted by Crippen LogP contribution is 2.12. The Morgan fingerprint density at radius 1 is 1.50 bits per heavy atom. The van der Waals surface area contributed by atoms with Gasteiger partial charge in [0.1, 0.15) is 0 Å². The van der Waals surface area contributed by atoms with Crippen LogP contribution in [0.25, 0.3) is 0 Å². The molecule has 0 fully saturated rings. The minimum absolute atomic E-state index is 0.135. The second kappa shape index (κ2) is 3.91. The van der Waals surface area contributed by atoms with Crippen LogP contribution >= 0.6 is 0 Å². The third-order valence-electron chi connectivity index (χ3n) is 1.57. The van der Waals surface area contributed by atoms with E-state index in [2.05, 4.69) is 0 Å². The Hall–Kier alpha value is -0.120. The number of nitrogens with zero attached hydrogens (tertiary/aromatic N) is 1. The van der Waals surface area contributed by atoms with Crippen molar-refractivity contribution in [1.29, 1.82) is 0 Å². The lowest BCUT2D eigenvalue weighted by Crippen LogP contribution is -2.40. The van der Waals surface area contributed by atoms with Crippen molar-refractivity contribution < 1.29 is 5.11 Å². The van der Waals surface area contributed by atoms with E-state index < -0.39 is 0 Å². The zero-order valence-electron chi connectivity index (χ0n) is 7.09. The standard InChI is InChI=1S/C7H18N2O/c1-7(4-8,6-10)5-9(2)3/h10H,4-6,8H2,1-3H3. The first-order chi connectivity index (χ1) is 4.54. The molecular formula is C7H18N2O. The van der Waals surface area contributed by atoms with Crippen molar-refractivity contribution in [2.24, 2.45) is 11.1 Å². The van der Waals surface area contributed by atoms with Crippen molar-refractivity contribution >= 4 is 0 Å². The van der Waals surface area contributed by atoms with Crippen LogP contribution in [0.15, 0.2) is 0 Å². The van der Waals surface area contributed by atoms with Crippen molar-refractivity contribution in [2.75, 3.05) is 33.8 Å². The quantitative estimate of drug-likeness (QED) is 0.562. The fourth-order valence-corrected chi connectivity index (χ4v) is 0.943. The van der Waals surface area contributed by atoms with Gasteiger partial charge < -0.3 is 15.7 Å². The smallest absolute Gasteiger partial charge is 0.0509 e. The average Bonchev–Trinajstić information content (AvgIpc) is 1.87. The van der Waals surface area contributed by atoms with Gasteiger partial charge in [-0.05, 0) is 14.1 Å². The van der Waals surface area contributed by atoms with Gasteiger partial charge in [0.2, 0.25) is 0 Å². The predicted molar refractivity (Wildman–Crippen MR) is 42.8 cm³/mol. The van der Waals surface area contributed by atoms with E-state index in [4.69, 9.17) is 10.8 Å². The third kappa shape index (κ3) is 3.15. The molecule has 3 heteroatoms. The molecule has 0 aliphatic rings. The number of nitrogens with two attached hydrogens (primary N) is 1. The summed E-state index contributed by atoms with van der Waals surface area (Å²) in [7, 11) is 3.95. The maximum atomic E-state index is 8.93. The summed E-state index contributed by atoms with van der Waals surface area (Å²) < 4.78 is 0. The van der Waals surface area contributed by atoms with Gasteiger partial charge in [0.05, 0.1) is 6.61 Å². The summed E-state index contributed by atoms with van der Waals surface area (Å²) in [5.74, 6) is 0. The van der Waals surface area contributed by atoms with Crippen molar-refractivity contribution in [3.8, 4) is 0 Å². The summed E-state index contributed by atoms with van der Waals surface area (Å²) in [5.41, 5.74) is 5.34. The van der Waals surface area contributed by atoms with E-state index in [9.17, 15) is 0 Å². The molecule has 0 rings (SSSR count). The van der Waals surface area contributed by atoms with Crippen LogP contribution < -0.4 is 5.73 Å². The van der Waals surface area contributed by atoms with E-state index >= 15 is 0 Å². The van der Waals surface area contributed by atoms with Crippen LogP contribution in [-0.2, 0) is 0 Å². The van der Waals surface area contributed by atoms with Gasteiger partial charge in [-0.3, -0.25) is 0 Å². The van der Waals surface area contributed by atoms with Crippen LogP contribution in [0.4, 0.5) is 0 Å². The molecule has 3 N–H and O–H groups in total. The zero-order valence-corrected chi connectivity index (χ0v) is 7.09.